The molecule has 0 spiro atoms. The first-order valence-electron chi connectivity index (χ1n) is 7.46. The number of aromatic nitrogens is 2. The molecule has 0 aliphatic carbocycles. The highest BCUT2D eigenvalue weighted by molar-refractivity contribution is 5.79. The number of unbranched alkanes of at least 4 members (excludes halogenated alkanes) is 1. The lowest BCUT2D eigenvalue weighted by Crippen LogP contribution is -2.39. The Morgan fingerprint density at radius 1 is 1.35 bits per heavy atom. The van der Waals surface area contributed by atoms with Crippen LogP contribution < -0.4 is 5.32 Å². The predicted molar refractivity (Wildman–Crippen MR) is 80.9 cm³/mol. The highest BCUT2D eigenvalue weighted by Crippen LogP contribution is 2.00. The van der Waals surface area contributed by atoms with Gasteiger partial charge in [0.1, 0.15) is 0 Å². The number of aryl methyl sites for hydroxylation is 2. The summed E-state index contributed by atoms with van der Waals surface area (Å²) in [5, 5.41) is 7.10. The maximum Gasteiger partial charge on any atom is 0.226 e. The van der Waals surface area contributed by atoms with Crippen LogP contribution in [0.3, 0.4) is 0 Å². The summed E-state index contributed by atoms with van der Waals surface area (Å²) in [7, 11) is 2.08. The average molecular weight is 281 g/mol. The molecule has 1 aromatic heterocycles. The lowest BCUT2D eigenvalue weighted by atomic mass is 10.3. The Labute approximate surface area is 121 Å². The van der Waals surface area contributed by atoms with Crippen LogP contribution in [0.1, 0.15) is 44.8 Å². The molecule has 0 saturated heterocycles. The SMILES string of the molecule is CCCCN(C)C(=NCCCc1nc(C)no1)NCC. The Kier molecular flexibility index (Phi) is 7.69. The van der Waals surface area contributed by atoms with Gasteiger partial charge in [-0.25, -0.2) is 0 Å². The topological polar surface area (TPSA) is 66.5 Å². The van der Waals surface area contributed by atoms with Crippen molar-refractivity contribution in [2.75, 3.05) is 26.7 Å². The molecule has 0 aromatic carbocycles. The molecular weight excluding hydrogens is 254 g/mol. The smallest absolute Gasteiger partial charge is 0.226 e. The molecule has 0 saturated carbocycles. The molecule has 6 nitrogen and oxygen atoms in total. The molecule has 0 atom stereocenters. The van der Waals surface area contributed by atoms with E-state index in [9.17, 15) is 0 Å². The third kappa shape index (κ3) is 6.04. The summed E-state index contributed by atoms with van der Waals surface area (Å²) in [6.07, 6.45) is 4.07. The van der Waals surface area contributed by atoms with Crippen LogP contribution in [0.5, 0.6) is 0 Å². The molecule has 1 rings (SSSR count). The zero-order valence-electron chi connectivity index (χ0n) is 13.1. The van der Waals surface area contributed by atoms with Crippen LogP contribution in [0, 0.1) is 6.92 Å². The zero-order chi connectivity index (χ0) is 14.8. The molecule has 0 amide bonds. The van der Waals surface area contributed by atoms with Gasteiger partial charge in [-0.3, -0.25) is 4.99 Å². The van der Waals surface area contributed by atoms with Crippen molar-refractivity contribution in [2.45, 2.75) is 46.5 Å². The first-order chi connectivity index (χ1) is 9.67. The van der Waals surface area contributed by atoms with Gasteiger partial charge in [-0.15, -0.1) is 0 Å². The first kappa shape index (κ1) is 16.5. The zero-order valence-corrected chi connectivity index (χ0v) is 13.1. The summed E-state index contributed by atoms with van der Waals surface area (Å²) in [6.45, 7) is 8.80. The maximum absolute atomic E-state index is 5.08. The van der Waals surface area contributed by atoms with Gasteiger partial charge in [-0.1, -0.05) is 18.5 Å². The number of rotatable bonds is 8. The van der Waals surface area contributed by atoms with Crippen molar-refractivity contribution >= 4 is 5.96 Å². The fourth-order valence-electron chi connectivity index (χ4n) is 1.83. The minimum Gasteiger partial charge on any atom is -0.357 e. The highest BCUT2D eigenvalue weighted by atomic mass is 16.5. The van der Waals surface area contributed by atoms with Crippen LogP contribution in [0.15, 0.2) is 9.52 Å². The van der Waals surface area contributed by atoms with E-state index < -0.39 is 0 Å². The Morgan fingerprint density at radius 2 is 2.15 bits per heavy atom. The number of nitrogens with zero attached hydrogens (tertiary/aromatic N) is 4. The van der Waals surface area contributed by atoms with E-state index in [1.165, 1.54) is 12.8 Å². The quantitative estimate of drug-likeness (QED) is 0.448. The number of guanidine groups is 1. The number of nitrogens with one attached hydrogen (secondary N) is 1. The van der Waals surface area contributed by atoms with Gasteiger partial charge in [0.05, 0.1) is 0 Å². The van der Waals surface area contributed by atoms with E-state index in [2.05, 4.69) is 46.2 Å². The number of hydrogen-bond donors (Lipinski definition) is 1. The maximum atomic E-state index is 5.08. The molecule has 114 valence electrons. The van der Waals surface area contributed by atoms with Crippen LogP contribution in [0.4, 0.5) is 0 Å². The molecule has 1 heterocycles. The number of hydrogen-bond acceptors (Lipinski definition) is 4. The normalized spacial score (nSPS) is 11.7. The second kappa shape index (κ2) is 9.34. The Balaban J connectivity index is 2.37. The molecule has 0 unspecified atom stereocenters. The molecule has 20 heavy (non-hydrogen) atoms. The molecule has 1 N–H and O–H groups in total. The minimum absolute atomic E-state index is 0.691. The van der Waals surface area contributed by atoms with Crippen molar-refractivity contribution < 1.29 is 4.52 Å². The van der Waals surface area contributed by atoms with Crippen molar-refractivity contribution in [2.24, 2.45) is 4.99 Å². The van der Waals surface area contributed by atoms with E-state index in [1.807, 2.05) is 6.92 Å². The van der Waals surface area contributed by atoms with Gasteiger partial charge in [0.15, 0.2) is 11.8 Å². The third-order valence-electron chi connectivity index (χ3n) is 2.92. The summed E-state index contributed by atoms with van der Waals surface area (Å²) in [5.74, 6) is 2.36. The van der Waals surface area contributed by atoms with E-state index in [0.717, 1.165) is 38.4 Å². The molecule has 0 bridgehead atoms. The van der Waals surface area contributed by atoms with Gasteiger partial charge < -0.3 is 14.7 Å². The summed E-state index contributed by atoms with van der Waals surface area (Å²) in [4.78, 5) is 11.0. The second-order valence-corrected chi connectivity index (χ2v) is 4.85. The standard InChI is InChI=1S/C14H27N5O/c1-5-7-11-19(4)14(15-6-2)16-10-8-9-13-17-12(3)18-20-13/h5-11H2,1-4H3,(H,15,16). The fourth-order valence-corrected chi connectivity index (χ4v) is 1.83. The van der Waals surface area contributed by atoms with E-state index in [1.54, 1.807) is 0 Å². The highest BCUT2D eigenvalue weighted by Gasteiger charge is 2.05. The van der Waals surface area contributed by atoms with Crippen molar-refractivity contribution in [1.29, 1.82) is 0 Å². The van der Waals surface area contributed by atoms with Gasteiger partial charge in [-0.2, -0.15) is 4.98 Å². The van der Waals surface area contributed by atoms with Crippen LogP contribution in [0.25, 0.3) is 0 Å². The minimum atomic E-state index is 0.691. The van der Waals surface area contributed by atoms with E-state index in [-0.39, 0.29) is 0 Å². The van der Waals surface area contributed by atoms with E-state index >= 15 is 0 Å². The Morgan fingerprint density at radius 3 is 2.75 bits per heavy atom. The van der Waals surface area contributed by atoms with E-state index in [0.29, 0.717) is 11.7 Å². The predicted octanol–water partition coefficient (Wildman–Crippen LogP) is 2.01. The summed E-state index contributed by atoms with van der Waals surface area (Å²) in [6, 6.07) is 0. The summed E-state index contributed by atoms with van der Waals surface area (Å²) < 4.78 is 5.08. The van der Waals surface area contributed by atoms with E-state index in [4.69, 9.17) is 4.52 Å². The summed E-state index contributed by atoms with van der Waals surface area (Å²) >= 11 is 0. The summed E-state index contributed by atoms with van der Waals surface area (Å²) in [5.41, 5.74) is 0. The third-order valence-corrected chi connectivity index (χ3v) is 2.92. The Bertz CT molecular complexity index is 402. The van der Waals surface area contributed by atoms with Crippen molar-refractivity contribution in [1.82, 2.24) is 20.4 Å². The second-order valence-electron chi connectivity index (χ2n) is 4.85. The van der Waals surface area contributed by atoms with Crippen molar-refractivity contribution in [3.8, 4) is 0 Å². The lowest BCUT2D eigenvalue weighted by molar-refractivity contribution is 0.372. The first-order valence-corrected chi connectivity index (χ1v) is 7.46. The van der Waals surface area contributed by atoms with Crippen molar-refractivity contribution in [3.63, 3.8) is 0 Å². The van der Waals surface area contributed by atoms with Gasteiger partial charge >= 0.3 is 0 Å². The monoisotopic (exact) mass is 281 g/mol. The lowest BCUT2D eigenvalue weighted by Gasteiger charge is -2.21. The van der Waals surface area contributed by atoms with Gasteiger partial charge in [-0.05, 0) is 26.7 Å². The molecule has 0 aliphatic heterocycles. The van der Waals surface area contributed by atoms with Crippen LogP contribution >= 0.6 is 0 Å². The van der Waals surface area contributed by atoms with Crippen LogP contribution in [-0.4, -0.2) is 47.7 Å². The molecular formula is C14H27N5O. The van der Waals surface area contributed by atoms with Gasteiger partial charge in [0, 0.05) is 33.1 Å². The number of aliphatic imine (C=N–C) groups is 1. The molecule has 0 aliphatic rings. The van der Waals surface area contributed by atoms with Gasteiger partial charge in [0.2, 0.25) is 5.89 Å². The molecule has 0 radical (unpaired) electrons. The van der Waals surface area contributed by atoms with Crippen LogP contribution in [0.2, 0.25) is 0 Å². The fraction of sp³-hybridized carbons (Fsp3) is 0.786. The Hall–Kier alpha value is -1.59. The molecule has 6 heteroatoms. The van der Waals surface area contributed by atoms with Crippen molar-refractivity contribution in [3.05, 3.63) is 11.7 Å². The largest absolute Gasteiger partial charge is 0.357 e. The molecule has 0 fully saturated rings. The molecule has 1 aromatic rings. The average Bonchev–Trinajstić information content (AvgIpc) is 2.85. The van der Waals surface area contributed by atoms with Gasteiger partial charge in [0.25, 0.3) is 0 Å². The van der Waals surface area contributed by atoms with Crippen LogP contribution in [-0.2, 0) is 6.42 Å².